The number of nitrogens with one attached hydrogen (secondary N) is 1. The van der Waals surface area contributed by atoms with Gasteiger partial charge in [-0.2, -0.15) is 13.2 Å². The molecule has 3 rings (SSSR count). The molecule has 1 saturated heterocycles. The number of alkyl halides is 3. The smallest absolute Gasteiger partial charge is 0.422 e. The Labute approximate surface area is 190 Å². The molecule has 11 heteroatoms. The van der Waals surface area contributed by atoms with Gasteiger partial charge in [-0.1, -0.05) is 0 Å². The van der Waals surface area contributed by atoms with Crippen LogP contribution in [0.4, 0.5) is 29.3 Å². The van der Waals surface area contributed by atoms with Crippen molar-refractivity contribution in [2.24, 2.45) is 5.92 Å². The molecule has 1 aliphatic carbocycles. The third-order valence-electron chi connectivity index (χ3n) is 5.71. The molecule has 1 saturated carbocycles. The predicted octanol–water partition coefficient (Wildman–Crippen LogP) is 5.29. The van der Waals surface area contributed by atoms with Crippen molar-refractivity contribution in [2.75, 3.05) is 24.5 Å². The number of carbonyl (C=O) groups excluding carboxylic acids is 1. The Morgan fingerprint density at radius 3 is 2.45 bits per heavy atom. The molecule has 2 fully saturated rings. The summed E-state index contributed by atoms with van der Waals surface area (Å²) in [5, 5.41) is 14.3. The minimum absolute atomic E-state index is 0.132. The number of hydrogen-bond acceptors (Lipinski definition) is 6. The first-order valence-corrected chi connectivity index (χ1v) is 11.1. The van der Waals surface area contributed by atoms with E-state index < -0.39 is 39.7 Å². The molecule has 1 atom stereocenters. The SMILES string of the molecule is CC(C)(C)OC(=O)NC[C@@H]1CCCN(c2c([N+](=O)[O-])ccc(OC3CCC3)c2C(F)(F)F)C1. The Kier molecular flexibility index (Phi) is 7.28. The van der Waals surface area contributed by atoms with Crippen molar-refractivity contribution >= 4 is 17.5 Å². The molecule has 2 aliphatic rings. The molecule has 1 aliphatic heterocycles. The van der Waals surface area contributed by atoms with Gasteiger partial charge in [0.05, 0.1) is 11.0 Å². The summed E-state index contributed by atoms with van der Waals surface area (Å²) in [4.78, 5) is 24.2. The van der Waals surface area contributed by atoms with Crippen molar-refractivity contribution < 1.29 is 32.4 Å². The van der Waals surface area contributed by atoms with Gasteiger partial charge in [-0.05, 0) is 64.9 Å². The molecule has 8 nitrogen and oxygen atoms in total. The average Bonchev–Trinajstić information content (AvgIpc) is 2.66. The summed E-state index contributed by atoms with van der Waals surface area (Å²) in [5.74, 6) is -0.565. The molecule has 1 N–H and O–H groups in total. The largest absolute Gasteiger partial charge is 0.490 e. The summed E-state index contributed by atoms with van der Waals surface area (Å²) in [6, 6.07) is 2.13. The van der Waals surface area contributed by atoms with Gasteiger partial charge in [0.15, 0.2) is 0 Å². The van der Waals surface area contributed by atoms with Gasteiger partial charge in [0, 0.05) is 25.7 Å². The zero-order valence-electron chi connectivity index (χ0n) is 19.0. The Balaban J connectivity index is 1.87. The number of nitro groups is 1. The fourth-order valence-corrected chi connectivity index (χ4v) is 4.05. The second-order valence-corrected chi connectivity index (χ2v) is 9.57. The lowest BCUT2D eigenvalue weighted by Crippen LogP contribution is -2.43. The van der Waals surface area contributed by atoms with Gasteiger partial charge in [-0.25, -0.2) is 4.79 Å². The molecule has 33 heavy (non-hydrogen) atoms. The summed E-state index contributed by atoms with van der Waals surface area (Å²) in [6.07, 6.45) is -2.36. The number of amides is 1. The Hall–Kier alpha value is -2.72. The second-order valence-electron chi connectivity index (χ2n) is 9.57. The Morgan fingerprint density at radius 2 is 1.91 bits per heavy atom. The fraction of sp³-hybridized carbons (Fsp3) is 0.682. The monoisotopic (exact) mass is 473 g/mol. The normalized spacial score (nSPS) is 19.6. The van der Waals surface area contributed by atoms with E-state index >= 15 is 0 Å². The summed E-state index contributed by atoms with van der Waals surface area (Å²) in [6.45, 7) is 5.74. The van der Waals surface area contributed by atoms with Crippen LogP contribution in [0.15, 0.2) is 12.1 Å². The topological polar surface area (TPSA) is 93.9 Å². The lowest BCUT2D eigenvalue weighted by molar-refractivity contribution is -0.384. The maximum Gasteiger partial charge on any atom is 0.422 e. The number of benzene rings is 1. The van der Waals surface area contributed by atoms with E-state index in [9.17, 15) is 28.1 Å². The minimum Gasteiger partial charge on any atom is -0.490 e. The Bertz CT molecular complexity index is 881. The van der Waals surface area contributed by atoms with Crippen molar-refractivity contribution in [1.29, 1.82) is 0 Å². The van der Waals surface area contributed by atoms with Crippen LogP contribution >= 0.6 is 0 Å². The molecule has 0 unspecified atom stereocenters. The number of piperidine rings is 1. The molecular weight excluding hydrogens is 443 g/mol. The zero-order chi connectivity index (χ0) is 24.4. The molecule has 1 amide bonds. The maximum atomic E-state index is 14.2. The van der Waals surface area contributed by atoms with Crippen LogP contribution in [0.5, 0.6) is 5.75 Å². The lowest BCUT2D eigenvalue weighted by atomic mass is 9.95. The number of nitro benzene ring substituents is 1. The summed E-state index contributed by atoms with van der Waals surface area (Å²) < 4.78 is 53.3. The molecule has 0 aromatic heterocycles. The molecule has 0 radical (unpaired) electrons. The minimum atomic E-state index is -4.83. The van der Waals surface area contributed by atoms with E-state index in [0.29, 0.717) is 25.7 Å². The van der Waals surface area contributed by atoms with Crippen LogP contribution < -0.4 is 15.0 Å². The highest BCUT2D eigenvalue weighted by Gasteiger charge is 2.44. The van der Waals surface area contributed by atoms with E-state index in [2.05, 4.69) is 5.32 Å². The van der Waals surface area contributed by atoms with Crippen LogP contribution in [0.25, 0.3) is 0 Å². The quantitative estimate of drug-likeness (QED) is 0.446. The number of carbonyl (C=O) groups is 1. The molecular formula is C22H30F3N3O5. The fourth-order valence-electron chi connectivity index (χ4n) is 4.05. The van der Waals surface area contributed by atoms with Crippen molar-refractivity contribution in [3.8, 4) is 5.75 Å². The van der Waals surface area contributed by atoms with Gasteiger partial charge < -0.3 is 19.7 Å². The van der Waals surface area contributed by atoms with Crippen LogP contribution in [-0.2, 0) is 10.9 Å². The molecule has 184 valence electrons. The van der Waals surface area contributed by atoms with E-state index in [1.165, 1.54) is 4.90 Å². The lowest BCUT2D eigenvalue weighted by Gasteiger charge is -2.36. The van der Waals surface area contributed by atoms with Gasteiger partial charge in [-0.15, -0.1) is 0 Å². The highest BCUT2D eigenvalue weighted by molar-refractivity contribution is 5.73. The number of ether oxygens (including phenoxy) is 2. The number of alkyl carbamates (subject to hydrolysis) is 1. The third-order valence-corrected chi connectivity index (χ3v) is 5.71. The van der Waals surface area contributed by atoms with Crippen molar-refractivity contribution in [3.05, 3.63) is 27.8 Å². The molecule has 1 aromatic rings. The standard InChI is InChI=1S/C22H30F3N3O5/c1-21(2,3)33-20(29)26-12-14-6-5-11-27(13-14)19-16(28(30)31)9-10-17(18(19)22(23,24)25)32-15-7-4-8-15/h9-10,14-15H,4-8,11-13H2,1-3H3,(H,26,29)/t14-/m0/s1. The molecule has 1 aromatic carbocycles. The average molecular weight is 473 g/mol. The number of nitrogens with zero attached hydrogens (tertiary/aromatic N) is 2. The van der Waals surface area contributed by atoms with E-state index in [1.54, 1.807) is 20.8 Å². The highest BCUT2D eigenvalue weighted by atomic mass is 19.4. The first kappa shape index (κ1) is 24.9. The van der Waals surface area contributed by atoms with Crippen LogP contribution in [0.2, 0.25) is 0 Å². The van der Waals surface area contributed by atoms with E-state index in [1.807, 2.05) is 0 Å². The van der Waals surface area contributed by atoms with Gasteiger partial charge in [0.2, 0.25) is 0 Å². The zero-order valence-corrected chi connectivity index (χ0v) is 19.0. The molecule has 1 heterocycles. The number of hydrogen-bond donors (Lipinski definition) is 1. The molecule has 0 spiro atoms. The maximum absolute atomic E-state index is 14.2. The second kappa shape index (κ2) is 9.64. The van der Waals surface area contributed by atoms with E-state index in [4.69, 9.17) is 9.47 Å². The molecule has 0 bridgehead atoms. The van der Waals surface area contributed by atoms with Gasteiger partial charge in [0.1, 0.15) is 22.6 Å². The number of anilines is 1. The van der Waals surface area contributed by atoms with Crippen molar-refractivity contribution in [2.45, 2.75) is 70.8 Å². The van der Waals surface area contributed by atoms with Crippen LogP contribution in [0, 0.1) is 16.0 Å². The third kappa shape index (κ3) is 6.42. The predicted molar refractivity (Wildman–Crippen MR) is 116 cm³/mol. The first-order valence-electron chi connectivity index (χ1n) is 11.1. The summed E-state index contributed by atoms with van der Waals surface area (Å²) >= 11 is 0. The summed E-state index contributed by atoms with van der Waals surface area (Å²) in [5.41, 5.74) is -2.86. The van der Waals surface area contributed by atoms with Gasteiger partial charge in [0.25, 0.3) is 5.69 Å². The number of halogens is 3. The van der Waals surface area contributed by atoms with E-state index in [-0.39, 0.29) is 37.4 Å². The highest BCUT2D eigenvalue weighted by Crippen LogP contribution is 2.48. The summed E-state index contributed by atoms with van der Waals surface area (Å²) in [7, 11) is 0. The first-order chi connectivity index (χ1) is 15.3. The van der Waals surface area contributed by atoms with Crippen LogP contribution in [0.3, 0.4) is 0 Å². The van der Waals surface area contributed by atoms with Crippen LogP contribution in [0.1, 0.15) is 58.4 Å². The number of rotatable bonds is 6. The Morgan fingerprint density at radius 1 is 1.21 bits per heavy atom. The van der Waals surface area contributed by atoms with Gasteiger partial charge in [-0.3, -0.25) is 10.1 Å². The van der Waals surface area contributed by atoms with Gasteiger partial charge >= 0.3 is 12.3 Å². The van der Waals surface area contributed by atoms with Crippen molar-refractivity contribution in [3.63, 3.8) is 0 Å². The van der Waals surface area contributed by atoms with Crippen molar-refractivity contribution in [1.82, 2.24) is 5.32 Å². The van der Waals surface area contributed by atoms with E-state index in [0.717, 1.165) is 18.6 Å². The van der Waals surface area contributed by atoms with Crippen LogP contribution in [-0.4, -0.2) is 42.4 Å².